The second-order valence-corrected chi connectivity index (χ2v) is 7.27. The van der Waals surface area contributed by atoms with Gasteiger partial charge in [0.15, 0.2) is 0 Å². The Morgan fingerprint density at radius 2 is 1.95 bits per heavy atom. The third-order valence-electron chi connectivity index (χ3n) is 3.08. The molecule has 21 heavy (non-hydrogen) atoms. The molecular formula is C16H16Cl2O2S. The van der Waals surface area contributed by atoms with Crippen LogP contribution in [0, 0.1) is 6.92 Å². The number of aliphatic hydroxyl groups is 1. The van der Waals surface area contributed by atoms with E-state index in [0.29, 0.717) is 21.4 Å². The normalized spacial score (nSPS) is 13.9. The van der Waals surface area contributed by atoms with Gasteiger partial charge in [-0.3, -0.25) is 4.21 Å². The lowest BCUT2D eigenvalue weighted by atomic mass is 10.1. The Morgan fingerprint density at radius 1 is 1.19 bits per heavy atom. The molecule has 0 bridgehead atoms. The van der Waals surface area contributed by atoms with E-state index in [4.69, 9.17) is 23.2 Å². The van der Waals surface area contributed by atoms with Crippen LogP contribution >= 0.6 is 23.2 Å². The monoisotopic (exact) mass is 342 g/mol. The number of halogens is 2. The highest BCUT2D eigenvalue weighted by Gasteiger charge is 2.15. The minimum absolute atomic E-state index is 0.148. The van der Waals surface area contributed by atoms with Gasteiger partial charge in [0, 0.05) is 32.2 Å². The van der Waals surface area contributed by atoms with Gasteiger partial charge < -0.3 is 5.11 Å². The van der Waals surface area contributed by atoms with E-state index in [2.05, 4.69) is 0 Å². The Hall–Kier alpha value is -0.870. The fourth-order valence-electron chi connectivity index (χ4n) is 2.08. The van der Waals surface area contributed by atoms with E-state index in [1.54, 1.807) is 18.2 Å². The highest BCUT2D eigenvalue weighted by molar-refractivity contribution is 7.84. The maximum atomic E-state index is 12.2. The van der Waals surface area contributed by atoms with Crippen LogP contribution in [0.2, 0.25) is 10.0 Å². The number of rotatable bonds is 5. The van der Waals surface area contributed by atoms with Crippen molar-refractivity contribution in [2.24, 2.45) is 0 Å². The summed E-state index contributed by atoms with van der Waals surface area (Å²) in [4.78, 5) is 0. The van der Waals surface area contributed by atoms with E-state index >= 15 is 0 Å². The van der Waals surface area contributed by atoms with Crippen LogP contribution in [0.1, 0.15) is 22.8 Å². The van der Waals surface area contributed by atoms with Crippen LogP contribution < -0.4 is 0 Å². The van der Waals surface area contributed by atoms with Crippen molar-refractivity contribution >= 4 is 34.0 Å². The lowest BCUT2D eigenvalue weighted by Gasteiger charge is -2.13. The molecule has 1 N–H and O–H groups in total. The van der Waals surface area contributed by atoms with Crippen LogP contribution in [0.4, 0.5) is 0 Å². The zero-order valence-corrected chi connectivity index (χ0v) is 13.9. The standard InChI is InChI=1S/C16H16Cl2O2S/c1-11-3-2-4-12(7-11)9-21(20)10-16(19)14-6-5-13(17)8-15(14)18/h2-8,16,19H,9-10H2,1H3. The number of hydrogen-bond donors (Lipinski definition) is 1. The van der Waals surface area contributed by atoms with E-state index in [0.717, 1.165) is 11.1 Å². The Morgan fingerprint density at radius 3 is 2.62 bits per heavy atom. The summed E-state index contributed by atoms with van der Waals surface area (Å²) in [6.07, 6.45) is -0.861. The fourth-order valence-corrected chi connectivity index (χ4v) is 3.82. The minimum Gasteiger partial charge on any atom is -0.387 e. The summed E-state index contributed by atoms with van der Waals surface area (Å²) < 4.78 is 12.2. The van der Waals surface area contributed by atoms with E-state index in [9.17, 15) is 9.32 Å². The Labute approximate surface area is 137 Å². The second kappa shape index (κ2) is 7.41. The highest BCUT2D eigenvalue weighted by atomic mass is 35.5. The van der Waals surface area contributed by atoms with Crippen LogP contribution in [0.25, 0.3) is 0 Å². The number of aliphatic hydroxyl groups excluding tert-OH is 1. The molecule has 0 amide bonds. The smallest absolute Gasteiger partial charge is 0.0919 e. The summed E-state index contributed by atoms with van der Waals surface area (Å²) in [5, 5.41) is 11.1. The molecule has 2 nitrogen and oxygen atoms in total. The summed E-state index contributed by atoms with van der Waals surface area (Å²) in [6, 6.07) is 12.8. The average molecular weight is 343 g/mol. The first-order valence-corrected chi connectivity index (χ1v) is 8.73. The number of aryl methyl sites for hydroxylation is 1. The van der Waals surface area contributed by atoms with Crippen LogP contribution in [-0.2, 0) is 16.6 Å². The quantitative estimate of drug-likeness (QED) is 0.880. The van der Waals surface area contributed by atoms with Crippen LogP contribution in [-0.4, -0.2) is 15.1 Å². The van der Waals surface area contributed by atoms with Gasteiger partial charge >= 0.3 is 0 Å². The predicted octanol–water partition coefficient (Wildman–Crippen LogP) is 4.28. The van der Waals surface area contributed by atoms with Crippen molar-refractivity contribution in [1.82, 2.24) is 0 Å². The molecule has 0 aromatic heterocycles. The van der Waals surface area contributed by atoms with Crippen molar-refractivity contribution in [3.8, 4) is 0 Å². The zero-order chi connectivity index (χ0) is 15.4. The van der Waals surface area contributed by atoms with Crippen molar-refractivity contribution < 1.29 is 9.32 Å². The molecule has 2 atom stereocenters. The van der Waals surface area contributed by atoms with Crippen LogP contribution in [0.5, 0.6) is 0 Å². The van der Waals surface area contributed by atoms with E-state index in [1.165, 1.54) is 0 Å². The Bertz CT molecular complexity index is 658. The summed E-state index contributed by atoms with van der Waals surface area (Å²) in [6.45, 7) is 1.99. The summed E-state index contributed by atoms with van der Waals surface area (Å²) >= 11 is 11.9. The zero-order valence-electron chi connectivity index (χ0n) is 11.6. The largest absolute Gasteiger partial charge is 0.387 e. The molecule has 0 saturated heterocycles. The lowest BCUT2D eigenvalue weighted by Crippen LogP contribution is -2.11. The van der Waals surface area contributed by atoms with Crippen molar-refractivity contribution in [2.75, 3.05) is 5.75 Å². The van der Waals surface area contributed by atoms with Crippen molar-refractivity contribution in [3.63, 3.8) is 0 Å². The Balaban J connectivity index is 2.02. The molecule has 2 aromatic carbocycles. The van der Waals surface area contributed by atoms with Gasteiger partial charge in [0.1, 0.15) is 0 Å². The maximum absolute atomic E-state index is 12.2. The van der Waals surface area contributed by atoms with Gasteiger partial charge in [0.05, 0.1) is 11.9 Å². The Kier molecular flexibility index (Phi) is 5.82. The van der Waals surface area contributed by atoms with Crippen molar-refractivity contribution in [1.29, 1.82) is 0 Å². The number of hydrogen-bond acceptors (Lipinski definition) is 2. The maximum Gasteiger partial charge on any atom is 0.0919 e. The molecule has 0 aliphatic heterocycles. The first-order valence-electron chi connectivity index (χ1n) is 6.49. The fraction of sp³-hybridized carbons (Fsp3) is 0.250. The SMILES string of the molecule is Cc1cccc(CS(=O)CC(O)c2ccc(Cl)cc2Cl)c1. The molecule has 0 fully saturated rings. The first kappa shape index (κ1) is 16.5. The third kappa shape index (κ3) is 4.82. The summed E-state index contributed by atoms with van der Waals surface area (Å²) in [7, 11) is -1.17. The molecule has 0 aliphatic rings. The first-order chi connectivity index (χ1) is 9.95. The highest BCUT2D eigenvalue weighted by Crippen LogP contribution is 2.27. The minimum atomic E-state index is -1.17. The van der Waals surface area contributed by atoms with Gasteiger partial charge in [-0.05, 0) is 24.6 Å². The lowest BCUT2D eigenvalue weighted by molar-refractivity contribution is 0.203. The van der Waals surface area contributed by atoms with Crippen molar-refractivity contribution in [2.45, 2.75) is 18.8 Å². The molecule has 0 radical (unpaired) electrons. The summed E-state index contributed by atoms with van der Waals surface area (Å²) in [5.41, 5.74) is 2.69. The molecular weight excluding hydrogens is 327 g/mol. The molecule has 0 aliphatic carbocycles. The number of benzene rings is 2. The third-order valence-corrected chi connectivity index (χ3v) is 4.98. The van der Waals surface area contributed by atoms with Crippen LogP contribution in [0.15, 0.2) is 42.5 Å². The molecule has 2 rings (SSSR count). The van der Waals surface area contributed by atoms with Gasteiger partial charge in [-0.2, -0.15) is 0 Å². The molecule has 0 spiro atoms. The van der Waals surface area contributed by atoms with E-state index in [-0.39, 0.29) is 5.75 Å². The van der Waals surface area contributed by atoms with Gasteiger partial charge in [0.2, 0.25) is 0 Å². The molecule has 0 saturated carbocycles. The topological polar surface area (TPSA) is 37.3 Å². The molecule has 0 heterocycles. The van der Waals surface area contributed by atoms with Gasteiger partial charge in [0.25, 0.3) is 0 Å². The molecule has 5 heteroatoms. The van der Waals surface area contributed by atoms with Gasteiger partial charge in [-0.25, -0.2) is 0 Å². The van der Waals surface area contributed by atoms with E-state index < -0.39 is 16.9 Å². The molecule has 2 unspecified atom stereocenters. The second-order valence-electron chi connectivity index (χ2n) is 4.92. The molecule has 2 aromatic rings. The van der Waals surface area contributed by atoms with Gasteiger partial charge in [-0.15, -0.1) is 0 Å². The summed E-state index contributed by atoms with van der Waals surface area (Å²) in [5.74, 6) is 0.569. The van der Waals surface area contributed by atoms with Crippen LogP contribution in [0.3, 0.4) is 0 Å². The molecule has 112 valence electrons. The average Bonchev–Trinajstić information content (AvgIpc) is 2.38. The van der Waals surface area contributed by atoms with E-state index in [1.807, 2.05) is 31.2 Å². The predicted molar refractivity (Wildman–Crippen MR) is 89.3 cm³/mol. The van der Waals surface area contributed by atoms with Crippen molar-refractivity contribution in [3.05, 3.63) is 69.2 Å². The van der Waals surface area contributed by atoms with Gasteiger partial charge in [-0.1, -0.05) is 59.1 Å².